The van der Waals surface area contributed by atoms with Gasteiger partial charge in [0.05, 0.1) is 6.10 Å². The van der Waals surface area contributed by atoms with Gasteiger partial charge in [0.1, 0.15) is 0 Å². The lowest BCUT2D eigenvalue weighted by Gasteiger charge is -2.19. The predicted molar refractivity (Wildman–Crippen MR) is 76.7 cm³/mol. The molecule has 1 aliphatic carbocycles. The van der Waals surface area contributed by atoms with Gasteiger partial charge in [0, 0.05) is 0 Å². The van der Waals surface area contributed by atoms with Crippen molar-refractivity contribution in [3.8, 4) is 0 Å². The molecule has 1 aliphatic rings. The summed E-state index contributed by atoms with van der Waals surface area (Å²) in [6.07, 6.45) is 1.77. The van der Waals surface area contributed by atoms with Crippen LogP contribution in [0.3, 0.4) is 0 Å². The molecule has 1 N–H and O–H groups in total. The van der Waals surface area contributed by atoms with Crippen molar-refractivity contribution in [1.82, 2.24) is 0 Å². The molecule has 0 amide bonds. The minimum absolute atomic E-state index is 0.180. The zero-order valence-electron chi connectivity index (χ0n) is 12.3. The van der Waals surface area contributed by atoms with Crippen LogP contribution in [0.25, 0.3) is 0 Å². The lowest BCUT2D eigenvalue weighted by atomic mass is 9.86. The normalized spacial score (nSPS) is 23.8. The molecule has 0 heterocycles. The molecule has 2 atom stereocenters. The fourth-order valence-electron chi connectivity index (χ4n) is 2.69. The van der Waals surface area contributed by atoms with Gasteiger partial charge in [-0.2, -0.15) is 0 Å². The first-order chi connectivity index (χ1) is 8.20. The number of hydrogen-bond donors (Lipinski definition) is 1. The smallest absolute Gasteiger partial charge is 0.0614 e. The molecule has 100 valence electrons. The van der Waals surface area contributed by atoms with Gasteiger partial charge in [0.2, 0.25) is 0 Å². The second-order valence-electron chi connectivity index (χ2n) is 7.52. The van der Waals surface area contributed by atoms with Gasteiger partial charge in [-0.05, 0) is 40.7 Å². The molecule has 2 rings (SSSR count). The van der Waals surface area contributed by atoms with Crippen molar-refractivity contribution >= 4 is 0 Å². The second kappa shape index (κ2) is 4.38. The van der Waals surface area contributed by atoms with Crippen LogP contribution in [-0.4, -0.2) is 11.2 Å². The van der Waals surface area contributed by atoms with Crippen molar-refractivity contribution in [2.45, 2.75) is 59.0 Å². The van der Waals surface area contributed by atoms with Gasteiger partial charge < -0.3 is 5.11 Å². The van der Waals surface area contributed by atoms with E-state index in [-0.39, 0.29) is 11.5 Å². The Morgan fingerprint density at radius 1 is 1.22 bits per heavy atom. The Bertz CT molecular complexity index is 408. The average Bonchev–Trinajstić information content (AvgIpc) is 2.87. The monoisotopic (exact) mass is 246 g/mol. The molecular formula is C17H26O. The number of aliphatic hydroxyl groups is 1. The topological polar surface area (TPSA) is 20.2 Å². The summed E-state index contributed by atoms with van der Waals surface area (Å²) in [5.74, 6) is 0.486. The van der Waals surface area contributed by atoms with E-state index in [1.165, 1.54) is 11.1 Å². The first-order valence-electron chi connectivity index (χ1n) is 6.98. The van der Waals surface area contributed by atoms with Crippen molar-refractivity contribution in [2.75, 3.05) is 0 Å². The van der Waals surface area contributed by atoms with Crippen LogP contribution in [0.4, 0.5) is 0 Å². The van der Waals surface area contributed by atoms with Crippen LogP contribution in [0, 0.1) is 11.3 Å². The molecule has 1 saturated carbocycles. The molecule has 0 aromatic heterocycles. The molecule has 0 bridgehead atoms. The van der Waals surface area contributed by atoms with E-state index in [0.717, 1.165) is 12.8 Å². The highest BCUT2D eigenvalue weighted by molar-refractivity contribution is 5.28. The minimum Gasteiger partial charge on any atom is -0.392 e. The van der Waals surface area contributed by atoms with Gasteiger partial charge in [-0.1, -0.05) is 58.9 Å². The molecule has 0 radical (unpaired) electrons. The van der Waals surface area contributed by atoms with E-state index in [1.807, 2.05) is 0 Å². The van der Waals surface area contributed by atoms with Crippen LogP contribution in [0.5, 0.6) is 0 Å². The number of hydrogen-bond acceptors (Lipinski definition) is 1. The molecule has 2 unspecified atom stereocenters. The summed E-state index contributed by atoms with van der Waals surface area (Å²) in [6.45, 7) is 11.2. The molecular weight excluding hydrogens is 220 g/mol. The number of aliphatic hydroxyl groups excluding tert-OH is 1. The summed E-state index contributed by atoms with van der Waals surface area (Å²) in [7, 11) is 0. The zero-order chi connectivity index (χ0) is 13.6. The van der Waals surface area contributed by atoms with E-state index in [4.69, 9.17) is 0 Å². The maximum atomic E-state index is 10.2. The van der Waals surface area contributed by atoms with Gasteiger partial charge in [0.15, 0.2) is 0 Å². The lowest BCUT2D eigenvalue weighted by Crippen LogP contribution is -2.16. The van der Waals surface area contributed by atoms with Crippen molar-refractivity contribution in [3.63, 3.8) is 0 Å². The lowest BCUT2D eigenvalue weighted by molar-refractivity contribution is 0.137. The van der Waals surface area contributed by atoms with Crippen molar-refractivity contribution in [2.24, 2.45) is 11.3 Å². The van der Waals surface area contributed by atoms with Crippen LogP contribution in [0.2, 0.25) is 0 Å². The fourth-order valence-corrected chi connectivity index (χ4v) is 2.69. The highest BCUT2D eigenvalue weighted by atomic mass is 16.3. The summed E-state index contributed by atoms with van der Waals surface area (Å²) in [5, 5.41) is 10.2. The second-order valence-corrected chi connectivity index (χ2v) is 7.52. The first kappa shape index (κ1) is 13.6. The van der Waals surface area contributed by atoms with Gasteiger partial charge in [-0.3, -0.25) is 0 Å². The third kappa shape index (κ3) is 2.95. The van der Waals surface area contributed by atoms with E-state index in [1.54, 1.807) is 0 Å². The molecule has 18 heavy (non-hydrogen) atoms. The van der Waals surface area contributed by atoms with Crippen molar-refractivity contribution < 1.29 is 5.11 Å². The number of benzene rings is 1. The van der Waals surface area contributed by atoms with E-state index in [9.17, 15) is 5.11 Å². The Morgan fingerprint density at radius 2 is 1.72 bits per heavy atom. The maximum Gasteiger partial charge on any atom is 0.0614 e. The first-order valence-corrected chi connectivity index (χ1v) is 6.98. The Hall–Kier alpha value is -0.820. The summed E-state index contributed by atoms with van der Waals surface area (Å²) in [6, 6.07) is 8.72. The average molecular weight is 246 g/mol. The minimum atomic E-state index is -0.180. The highest BCUT2D eigenvalue weighted by Gasteiger charge is 2.49. The molecule has 0 aliphatic heterocycles. The Kier molecular flexibility index (Phi) is 3.31. The van der Waals surface area contributed by atoms with Crippen LogP contribution in [-0.2, 0) is 11.8 Å². The van der Waals surface area contributed by atoms with Crippen LogP contribution in [0.15, 0.2) is 24.3 Å². The zero-order valence-corrected chi connectivity index (χ0v) is 12.3. The third-order valence-electron chi connectivity index (χ3n) is 4.32. The molecule has 1 fully saturated rings. The largest absolute Gasteiger partial charge is 0.392 e. The van der Waals surface area contributed by atoms with Crippen LogP contribution >= 0.6 is 0 Å². The van der Waals surface area contributed by atoms with Crippen molar-refractivity contribution in [3.05, 3.63) is 35.4 Å². The van der Waals surface area contributed by atoms with Gasteiger partial charge in [0.25, 0.3) is 0 Å². The molecule has 0 saturated heterocycles. The van der Waals surface area contributed by atoms with E-state index >= 15 is 0 Å². The highest BCUT2D eigenvalue weighted by Crippen LogP contribution is 2.54. The van der Waals surface area contributed by atoms with E-state index in [0.29, 0.717) is 11.3 Å². The third-order valence-corrected chi connectivity index (χ3v) is 4.32. The fraction of sp³-hybridized carbons (Fsp3) is 0.647. The molecule has 1 nitrogen and oxygen atoms in total. The molecule has 1 heteroatoms. The summed E-state index contributed by atoms with van der Waals surface area (Å²) in [4.78, 5) is 0. The van der Waals surface area contributed by atoms with Gasteiger partial charge in [-0.25, -0.2) is 0 Å². The van der Waals surface area contributed by atoms with Gasteiger partial charge >= 0.3 is 0 Å². The molecule has 0 spiro atoms. The van der Waals surface area contributed by atoms with Crippen molar-refractivity contribution in [1.29, 1.82) is 0 Å². The maximum absolute atomic E-state index is 10.2. The van der Waals surface area contributed by atoms with Crippen LogP contribution in [0.1, 0.15) is 52.2 Å². The van der Waals surface area contributed by atoms with E-state index < -0.39 is 0 Å². The number of rotatable bonds is 3. The van der Waals surface area contributed by atoms with Crippen LogP contribution < -0.4 is 0 Å². The summed E-state index contributed by atoms with van der Waals surface area (Å²) < 4.78 is 0. The predicted octanol–water partition coefficient (Wildman–Crippen LogP) is 3.93. The molecule has 1 aromatic rings. The Labute approximate surface area is 111 Å². The molecule has 1 aromatic carbocycles. The van der Waals surface area contributed by atoms with E-state index in [2.05, 4.69) is 58.9 Å². The standard InChI is InChI=1S/C17H26O/c1-16(2,3)13-8-6-12(7-9-13)10-15(18)14-11-17(14,4)5/h6-9,14-15,18H,10-11H2,1-5H3. The summed E-state index contributed by atoms with van der Waals surface area (Å²) >= 11 is 0. The Balaban J connectivity index is 1.99. The SMILES string of the molecule is CC(C)(C)c1ccc(CC(O)C2CC2(C)C)cc1. The van der Waals surface area contributed by atoms with Gasteiger partial charge in [-0.15, -0.1) is 0 Å². The summed E-state index contributed by atoms with van der Waals surface area (Å²) in [5.41, 5.74) is 3.16. The quantitative estimate of drug-likeness (QED) is 0.856. The Morgan fingerprint density at radius 3 is 2.11 bits per heavy atom.